The molecule has 0 fully saturated rings. The van der Waals surface area contributed by atoms with E-state index in [9.17, 15) is 0 Å². The number of halogens is 2. The third-order valence-corrected chi connectivity index (χ3v) is 4.30. The number of aromatic nitrogens is 1. The summed E-state index contributed by atoms with van der Waals surface area (Å²) in [5.74, 6) is 1.48. The number of benzene rings is 1. The van der Waals surface area contributed by atoms with Gasteiger partial charge in [-0.15, -0.1) is 0 Å². The maximum atomic E-state index is 5.46. The topological polar surface area (TPSA) is 26.0 Å². The van der Waals surface area contributed by atoms with Gasteiger partial charge in [-0.2, -0.15) is 0 Å². The van der Waals surface area contributed by atoms with Crippen LogP contribution in [-0.4, -0.2) is 4.98 Å². The molecule has 0 aliphatic carbocycles. The largest absolute Gasteiger partial charge is 0.441 e. The van der Waals surface area contributed by atoms with E-state index in [1.54, 1.807) is 6.20 Å². The molecule has 0 aliphatic rings. The van der Waals surface area contributed by atoms with Gasteiger partial charge >= 0.3 is 0 Å². The molecular formula is C10H7BrINO. The summed E-state index contributed by atoms with van der Waals surface area (Å²) < 4.78 is 7.64. The van der Waals surface area contributed by atoms with Crippen molar-refractivity contribution in [2.45, 2.75) is 6.92 Å². The third kappa shape index (κ3) is 1.86. The second-order valence-electron chi connectivity index (χ2n) is 2.88. The first-order valence-electron chi connectivity index (χ1n) is 4.05. The van der Waals surface area contributed by atoms with Gasteiger partial charge in [0.25, 0.3) is 0 Å². The van der Waals surface area contributed by atoms with Gasteiger partial charge in [-0.1, -0.05) is 6.07 Å². The van der Waals surface area contributed by atoms with Crippen molar-refractivity contribution in [1.29, 1.82) is 0 Å². The van der Waals surface area contributed by atoms with E-state index in [0.29, 0.717) is 5.89 Å². The fourth-order valence-corrected chi connectivity index (χ4v) is 2.08. The van der Waals surface area contributed by atoms with Crippen molar-refractivity contribution in [1.82, 2.24) is 4.98 Å². The molecule has 0 spiro atoms. The van der Waals surface area contributed by atoms with Crippen molar-refractivity contribution >= 4 is 38.5 Å². The molecule has 0 amide bonds. The summed E-state index contributed by atoms with van der Waals surface area (Å²) in [6.45, 7) is 1.89. The molecule has 2 aromatic rings. The predicted molar refractivity (Wildman–Crippen MR) is 67.1 cm³/mol. The van der Waals surface area contributed by atoms with Crippen LogP contribution in [0.5, 0.6) is 0 Å². The molecule has 0 N–H and O–H groups in total. The Hall–Kier alpha value is -0.360. The smallest absolute Gasteiger partial charge is 0.227 e. The molecule has 14 heavy (non-hydrogen) atoms. The van der Waals surface area contributed by atoms with Gasteiger partial charge < -0.3 is 4.42 Å². The summed E-state index contributed by atoms with van der Waals surface area (Å²) in [7, 11) is 0. The van der Waals surface area contributed by atoms with E-state index in [1.165, 1.54) is 0 Å². The van der Waals surface area contributed by atoms with E-state index < -0.39 is 0 Å². The van der Waals surface area contributed by atoms with E-state index in [2.05, 4.69) is 43.5 Å². The van der Waals surface area contributed by atoms with E-state index in [-0.39, 0.29) is 0 Å². The Morgan fingerprint density at radius 3 is 2.86 bits per heavy atom. The lowest BCUT2D eigenvalue weighted by Crippen LogP contribution is -1.82. The van der Waals surface area contributed by atoms with Crippen LogP contribution in [0.4, 0.5) is 0 Å². The molecule has 0 saturated heterocycles. The van der Waals surface area contributed by atoms with E-state index in [0.717, 1.165) is 19.4 Å². The first-order valence-corrected chi connectivity index (χ1v) is 5.92. The Morgan fingerprint density at radius 1 is 1.43 bits per heavy atom. The highest BCUT2D eigenvalue weighted by atomic mass is 127. The zero-order valence-electron chi connectivity index (χ0n) is 7.42. The van der Waals surface area contributed by atoms with Gasteiger partial charge in [0.15, 0.2) is 0 Å². The molecule has 1 aromatic carbocycles. The molecule has 0 radical (unpaired) electrons. The van der Waals surface area contributed by atoms with Crippen LogP contribution < -0.4 is 0 Å². The monoisotopic (exact) mass is 363 g/mol. The average Bonchev–Trinajstić information content (AvgIpc) is 2.57. The Bertz CT molecular complexity index is 467. The van der Waals surface area contributed by atoms with Crippen LogP contribution in [0.3, 0.4) is 0 Å². The van der Waals surface area contributed by atoms with Crippen LogP contribution in [0, 0.1) is 10.5 Å². The van der Waals surface area contributed by atoms with Gasteiger partial charge in [0.05, 0.1) is 11.8 Å². The maximum absolute atomic E-state index is 5.46. The fraction of sp³-hybridized carbons (Fsp3) is 0.100. The molecule has 2 nitrogen and oxygen atoms in total. The third-order valence-electron chi connectivity index (χ3n) is 1.80. The standard InChI is InChI=1S/C10H7BrINO/c1-6-5-13-10(14-6)7-3-2-4-8(12)9(7)11/h2-5H,1H3. The van der Waals surface area contributed by atoms with Crippen molar-refractivity contribution in [3.05, 3.63) is 38.2 Å². The van der Waals surface area contributed by atoms with E-state index in [1.807, 2.05) is 25.1 Å². The SMILES string of the molecule is Cc1cnc(-c2cccc(I)c2Br)o1. The summed E-state index contributed by atoms with van der Waals surface area (Å²) in [6, 6.07) is 6.00. The normalized spacial score (nSPS) is 10.5. The van der Waals surface area contributed by atoms with Crippen LogP contribution in [0.15, 0.2) is 33.3 Å². The summed E-state index contributed by atoms with van der Waals surface area (Å²) in [5, 5.41) is 0. The van der Waals surface area contributed by atoms with Crippen LogP contribution in [0.1, 0.15) is 5.76 Å². The Morgan fingerprint density at radius 2 is 2.21 bits per heavy atom. The van der Waals surface area contributed by atoms with Gasteiger partial charge in [0, 0.05) is 8.04 Å². The highest BCUT2D eigenvalue weighted by Crippen LogP contribution is 2.31. The van der Waals surface area contributed by atoms with E-state index in [4.69, 9.17) is 4.42 Å². The minimum Gasteiger partial charge on any atom is -0.441 e. The van der Waals surface area contributed by atoms with Gasteiger partial charge in [-0.25, -0.2) is 4.98 Å². The van der Waals surface area contributed by atoms with Crippen molar-refractivity contribution < 1.29 is 4.42 Å². The van der Waals surface area contributed by atoms with Gasteiger partial charge in [0.2, 0.25) is 5.89 Å². The fourth-order valence-electron chi connectivity index (χ4n) is 1.15. The summed E-state index contributed by atoms with van der Waals surface area (Å²) >= 11 is 5.79. The predicted octanol–water partition coefficient (Wildman–Crippen LogP) is 4.02. The van der Waals surface area contributed by atoms with Crippen LogP contribution in [-0.2, 0) is 0 Å². The first-order chi connectivity index (χ1) is 6.68. The molecule has 1 heterocycles. The molecule has 4 heteroatoms. The minimum absolute atomic E-state index is 0.660. The first kappa shape index (κ1) is 10.2. The molecule has 0 atom stereocenters. The Balaban J connectivity index is 2.57. The number of oxazole rings is 1. The van der Waals surface area contributed by atoms with Crippen LogP contribution in [0.2, 0.25) is 0 Å². The number of hydrogen-bond acceptors (Lipinski definition) is 2. The van der Waals surface area contributed by atoms with Crippen molar-refractivity contribution in [3.63, 3.8) is 0 Å². The quantitative estimate of drug-likeness (QED) is 0.715. The van der Waals surface area contributed by atoms with Crippen molar-refractivity contribution in [2.75, 3.05) is 0 Å². The number of hydrogen-bond donors (Lipinski definition) is 0. The summed E-state index contributed by atoms with van der Waals surface area (Å²) in [4.78, 5) is 4.19. The molecule has 0 saturated carbocycles. The highest BCUT2D eigenvalue weighted by Gasteiger charge is 2.10. The number of nitrogens with zero attached hydrogens (tertiary/aromatic N) is 1. The van der Waals surface area contributed by atoms with Crippen LogP contribution in [0.25, 0.3) is 11.5 Å². The second-order valence-corrected chi connectivity index (χ2v) is 4.83. The molecule has 0 unspecified atom stereocenters. The van der Waals surface area contributed by atoms with Crippen LogP contribution >= 0.6 is 38.5 Å². The maximum Gasteiger partial charge on any atom is 0.227 e. The minimum atomic E-state index is 0.660. The zero-order chi connectivity index (χ0) is 10.1. The van der Waals surface area contributed by atoms with E-state index >= 15 is 0 Å². The summed E-state index contributed by atoms with van der Waals surface area (Å²) in [6.07, 6.45) is 1.72. The van der Waals surface area contributed by atoms with Gasteiger partial charge in [0.1, 0.15) is 5.76 Å². The lowest BCUT2D eigenvalue weighted by Gasteiger charge is -2.01. The lowest BCUT2D eigenvalue weighted by molar-refractivity contribution is 0.542. The molecule has 2 rings (SSSR count). The molecule has 0 aliphatic heterocycles. The lowest BCUT2D eigenvalue weighted by atomic mass is 10.2. The molecule has 1 aromatic heterocycles. The summed E-state index contributed by atoms with van der Waals surface area (Å²) in [5.41, 5.74) is 0.991. The van der Waals surface area contributed by atoms with Gasteiger partial charge in [-0.3, -0.25) is 0 Å². The molecule has 72 valence electrons. The highest BCUT2D eigenvalue weighted by molar-refractivity contribution is 14.1. The van der Waals surface area contributed by atoms with Crippen molar-refractivity contribution in [2.24, 2.45) is 0 Å². The second kappa shape index (κ2) is 4.02. The van der Waals surface area contributed by atoms with Gasteiger partial charge in [-0.05, 0) is 57.6 Å². The molecular weight excluding hydrogens is 357 g/mol. The Labute approximate surface area is 104 Å². The average molecular weight is 364 g/mol. The molecule has 0 bridgehead atoms. The number of rotatable bonds is 1. The number of aryl methyl sites for hydroxylation is 1. The Kier molecular flexibility index (Phi) is 2.92. The van der Waals surface area contributed by atoms with Crippen molar-refractivity contribution in [3.8, 4) is 11.5 Å². The zero-order valence-corrected chi connectivity index (χ0v) is 11.2.